The van der Waals surface area contributed by atoms with Crippen molar-refractivity contribution in [2.45, 2.75) is 57.4 Å². The van der Waals surface area contributed by atoms with Crippen molar-refractivity contribution in [2.75, 3.05) is 6.54 Å². The highest BCUT2D eigenvalue weighted by Gasteiger charge is 2.40. The fourth-order valence-corrected chi connectivity index (χ4v) is 1.93. The highest BCUT2D eigenvalue weighted by molar-refractivity contribution is 4.89. The largest absolute Gasteiger partial charge is 0.401 e. The predicted molar refractivity (Wildman–Crippen MR) is 53.5 cm³/mol. The van der Waals surface area contributed by atoms with Crippen LogP contribution in [0.4, 0.5) is 13.2 Å². The van der Waals surface area contributed by atoms with Crippen molar-refractivity contribution in [1.82, 2.24) is 4.90 Å². The number of hydrogen-bond donors (Lipinski definition) is 1. The van der Waals surface area contributed by atoms with Crippen molar-refractivity contribution in [3.05, 3.63) is 0 Å². The molecule has 90 valence electrons. The molecule has 2 atom stereocenters. The van der Waals surface area contributed by atoms with Crippen LogP contribution in [0.15, 0.2) is 0 Å². The van der Waals surface area contributed by atoms with Crippen LogP contribution in [0, 0.1) is 0 Å². The topological polar surface area (TPSA) is 29.3 Å². The second-order valence-electron chi connectivity index (χ2n) is 4.58. The zero-order valence-electron chi connectivity index (χ0n) is 9.22. The maximum Gasteiger partial charge on any atom is 0.401 e. The van der Waals surface area contributed by atoms with E-state index < -0.39 is 12.7 Å². The first-order valence-corrected chi connectivity index (χ1v) is 5.37. The first kappa shape index (κ1) is 12.8. The SMILES string of the molecule is CC(N)CC(C)N(CC(F)(F)F)C1CC1. The molecule has 0 saturated heterocycles. The van der Waals surface area contributed by atoms with Gasteiger partial charge in [0, 0.05) is 18.1 Å². The van der Waals surface area contributed by atoms with Crippen molar-refractivity contribution in [3.8, 4) is 0 Å². The minimum atomic E-state index is -4.10. The van der Waals surface area contributed by atoms with E-state index in [1.165, 1.54) is 0 Å². The summed E-state index contributed by atoms with van der Waals surface area (Å²) < 4.78 is 37.0. The molecular formula is C10H19F3N2. The molecule has 1 fully saturated rings. The molecule has 0 spiro atoms. The minimum absolute atomic E-state index is 0.0468. The third-order valence-electron chi connectivity index (χ3n) is 2.66. The highest BCUT2D eigenvalue weighted by atomic mass is 19.4. The summed E-state index contributed by atoms with van der Waals surface area (Å²) in [5.41, 5.74) is 5.61. The monoisotopic (exact) mass is 224 g/mol. The second kappa shape index (κ2) is 4.70. The van der Waals surface area contributed by atoms with Gasteiger partial charge in [-0.05, 0) is 33.1 Å². The van der Waals surface area contributed by atoms with Crippen LogP contribution >= 0.6 is 0 Å². The Morgan fingerprint density at radius 3 is 2.20 bits per heavy atom. The van der Waals surface area contributed by atoms with Crippen molar-refractivity contribution < 1.29 is 13.2 Å². The third-order valence-corrected chi connectivity index (χ3v) is 2.66. The second-order valence-corrected chi connectivity index (χ2v) is 4.58. The van der Waals surface area contributed by atoms with Gasteiger partial charge in [-0.25, -0.2) is 0 Å². The van der Waals surface area contributed by atoms with Crippen molar-refractivity contribution in [3.63, 3.8) is 0 Å². The van der Waals surface area contributed by atoms with Gasteiger partial charge in [0.15, 0.2) is 0 Å². The molecule has 1 saturated carbocycles. The summed E-state index contributed by atoms with van der Waals surface area (Å²) in [4.78, 5) is 1.55. The lowest BCUT2D eigenvalue weighted by molar-refractivity contribution is -0.152. The fraction of sp³-hybridized carbons (Fsp3) is 1.00. The number of nitrogens with two attached hydrogens (primary N) is 1. The molecule has 0 amide bonds. The molecule has 0 aromatic heterocycles. The average molecular weight is 224 g/mol. The third kappa shape index (κ3) is 4.84. The summed E-state index contributed by atoms with van der Waals surface area (Å²) in [5, 5.41) is 0. The number of alkyl halides is 3. The molecule has 1 aliphatic rings. The molecule has 15 heavy (non-hydrogen) atoms. The summed E-state index contributed by atoms with van der Waals surface area (Å²) in [6.45, 7) is 2.86. The van der Waals surface area contributed by atoms with Crippen molar-refractivity contribution >= 4 is 0 Å². The van der Waals surface area contributed by atoms with Crippen LogP contribution in [0.5, 0.6) is 0 Å². The van der Waals surface area contributed by atoms with E-state index in [1.54, 1.807) is 4.90 Å². The lowest BCUT2D eigenvalue weighted by Gasteiger charge is -2.30. The molecule has 1 aliphatic carbocycles. The van der Waals surface area contributed by atoms with Gasteiger partial charge in [-0.1, -0.05) is 0 Å². The Kier molecular flexibility index (Phi) is 4.00. The Bertz CT molecular complexity index is 199. The van der Waals surface area contributed by atoms with E-state index in [2.05, 4.69) is 0 Å². The zero-order chi connectivity index (χ0) is 11.6. The lowest BCUT2D eigenvalue weighted by Crippen LogP contribution is -2.43. The van der Waals surface area contributed by atoms with Crippen LogP contribution in [0.2, 0.25) is 0 Å². The molecule has 0 aliphatic heterocycles. The standard InChI is InChI=1S/C10H19F3N2/c1-7(14)5-8(2)15(9-3-4-9)6-10(11,12)13/h7-9H,3-6,14H2,1-2H3. The van der Waals surface area contributed by atoms with Gasteiger partial charge in [0.1, 0.15) is 0 Å². The van der Waals surface area contributed by atoms with Gasteiger partial charge in [-0.2, -0.15) is 13.2 Å². The molecule has 0 aromatic rings. The summed E-state index contributed by atoms with van der Waals surface area (Å²) in [7, 11) is 0. The summed E-state index contributed by atoms with van der Waals surface area (Å²) in [6.07, 6.45) is -1.71. The molecular weight excluding hydrogens is 205 g/mol. The van der Waals surface area contributed by atoms with Gasteiger partial charge < -0.3 is 5.73 Å². The molecule has 0 radical (unpaired) electrons. The molecule has 0 bridgehead atoms. The normalized spacial score (nSPS) is 21.8. The van der Waals surface area contributed by atoms with E-state index in [0.717, 1.165) is 12.8 Å². The van der Waals surface area contributed by atoms with Gasteiger partial charge in [0.05, 0.1) is 6.54 Å². The molecule has 2 unspecified atom stereocenters. The Morgan fingerprint density at radius 2 is 1.87 bits per heavy atom. The van der Waals surface area contributed by atoms with E-state index in [1.807, 2.05) is 13.8 Å². The number of rotatable bonds is 5. The average Bonchev–Trinajstić information content (AvgIpc) is 2.78. The molecule has 5 heteroatoms. The maximum absolute atomic E-state index is 12.3. The van der Waals surface area contributed by atoms with Crippen LogP contribution in [0.3, 0.4) is 0 Å². The minimum Gasteiger partial charge on any atom is -0.328 e. The maximum atomic E-state index is 12.3. The van der Waals surface area contributed by atoms with Crippen LogP contribution in [-0.2, 0) is 0 Å². The molecule has 2 N–H and O–H groups in total. The van der Waals surface area contributed by atoms with Crippen LogP contribution in [0.25, 0.3) is 0 Å². The van der Waals surface area contributed by atoms with Gasteiger partial charge in [-0.3, -0.25) is 4.90 Å². The van der Waals surface area contributed by atoms with Gasteiger partial charge in [0.2, 0.25) is 0 Å². The van der Waals surface area contributed by atoms with Gasteiger partial charge >= 0.3 is 6.18 Å². The van der Waals surface area contributed by atoms with E-state index >= 15 is 0 Å². The zero-order valence-corrected chi connectivity index (χ0v) is 9.22. The van der Waals surface area contributed by atoms with Crippen LogP contribution < -0.4 is 5.73 Å². The Balaban J connectivity index is 2.49. The smallest absolute Gasteiger partial charge is 0.328 e. The van der Waals surface area contributed by atoms with E-state index in [-0.39, 0.29) is 18.1 Å². The fourth-order valence-electron chi connectivity index (χ4n) is 1.93. The number of halogens is 3. The summed E-state index contributed by atoms with van der Waals surface area (Å²) >= 11 is 0. The molecule has 2 nitrogen and oxygen atoms in total. The lowest BCUT2D eigenvalue weighted by atomic mass is 10.1. The Hall–Kier alpha value is -0.290. The summed E-state index contributed by atoms with van der Waals surface area (Å²) in [5.74, 6) is 0. The van der Waals surface area contributed by atoms with E-state index in [4.69, 9.17) is 5.73 Å². The van der Waals surface area contributed by atoms with E-state index in [9.17, 15) is 13.2 Å². The molecule has 0 aromatic carbocycles. The summed E-state index contributed by atoms with van der Waals surface area (Å²) in [6, 6.07) is -0.00557. The number of hydrogen-bond acceptors (Lipinski definition) is 2. The molecule has 0 heterocycles. The van der Waals surface area contributed by atoms with E-state index in [0.29, 0.717) is 6.42 Å². The molecule has 1 rings (SSSR count). The van der Waals surface area contributed by atoms with Crippen molar-refractivity contribution in [2.24, 2.45) is 5.73 Å². The number of nitrogens with zero attached hydrogens (tertiary/aromatic N) is 1. The quantitative estimate of drug-likeness (QED) is 0.775. The van der Waals surface area contributed by atoms with Crippen LogP contribution in [-0.4, -0.2) is 35.7 Å². The van der Waals surface area contributed by atoms with Gasteiger partial charge in [0.25, 0.3) is 0 Å². The first-order chi connectivity index (χ1) is 6.79. The first-order valence-electron chi connectivity index (χ1n) is 5.37. The Labute approximate surface area is 88.6 Å². The highest BCUT2D eigenvalue weighted by Crippen LogP contribution is 2.32. The Morgan fingerprint density at radius 1 is 1.33 bits per heavy atom. The van der Waals surface area contributed by atoms with Crippen molar-refractivity contribution in [1.29, 1.82) is 0 Å². The predicted octanol–water partition coefficient (Wildman–Crippen LogP) is 2.14. The van der Waals surface area contributed by atoms with Crippen LogP contribution in [0.1, 0.15) is 33.1 Å². The van der Waals surface area contributed by atoms with Gasteiger partial charge in [-0.15, -0.1) is 0 Å².